The molecule has 0 spiro atoms. The van der Waals surface area contributed by atoms with Gasteiger partial charge < -0.3 is 10.6 Å². The number of rotatable bonds is 7. The van der Waals surface area contributed by atoms with E-state index in [1.165, 1.54) is 0 Å². The number of amides is 1. The fourth-order valence-corrected chi connectivity index (χ4v) is 4.02. The van der Waals surface area contributed by atoms with Crippen LogP contribution in [0.2, 0.25) is 0 Å². The molecule has 2 atom stereocenters. The molecule has 1 aliphatic heterocycles. The molecular weight excluding hydrogens is 374 g/mol. The van der Waals surface area contributed by atoms with E-state index in [-0.39, 0.29) is 11.9 Å². The highest BCUT2D eigenvalue weighted by molar-refractivity contribution is 7.98. The zero-order chi connectivity index (χ0) is 19.3. The first-order valence-corrected chi connectivity index (χ1v) is 11.0. The number of nitrogens with zero attached hydrogens (tertiary/aromatic N) is 5. The van der Waals surface area contributed by atoms with Gasteiger partial charge in [0.05, 0.1) is 12.1 Å². The number of piperidine rings is 1. The van der Waals surface area contributed by atoms with Crippen molar-refractivity contribution >= 4 is 23.3 Å². The maximum atomic E-state index is 12.9. The van der Waals surface area contributed by atoms with Crippen molar-refractivity contribution in [2.75, 3.05) is 25.1 Å². The lowest BCUT2D eigenvalue weighted by Gasteiger charge is -2.23. The lowest BCUT2D eigenvalue weighted by atomic mass is 10.1. The number of pyridine rings is 1. The fraction of sp³-hybridized carbons (Fsp3) is 0.474. The molecule has 9 heteroatoms. The predicted molar refractivity (Wildman–Crippen MR) is 110 cm³/mol. The Kier molecular flexibility index (Phi) is 5.92. The van der Waals surface area contributed by atoms with E-state index in [1.807, 2.05) is 39.7 Å². The zero-order valence-electron chi connectivity index (χ0n) is 15.9. The summed E-state index contributed by atoms with van der Waals surface area (Å²) in [4.78, 5) is 12.9. The van der Waals surface area contributed by atoms with Crippen LogP contribution in [0.25, 0.3) is 5.65 Å². The monoisotopic (exact) mass is 399 g/mol. The van der Waals surface area contributed by atoms with E-state index < -0.39 is 0 Å². The van der Waals surface area contributed by atoms with E-state index in [0.717, 1.165) is 49.6 Å². The minimum atomic E-state index is -0.223. The summed E-state index contributed by atoms with van der Waals surface area (Å²) in [5.41, 5.74) is 1.21. The van der Waals surface area contributed by atoms with Crippen molar-refractivity contribution in [2.45, 2.75) is 31.3 Å². The highest BCUT2D eigenvalue weighted by Gasteiger charge is 2.23. The van der Waals surface area contributed by atoms with Crippen LogP contribution in [-0.4, -0.2) is 55.4 Å². The molecule has 0 aliphatic carbocycles. The molecule has 0 radical (unpaired) electrons. The second kappa shape index (κ2) is 8.74. The molecule has 2 unspecified atom stereocenters. The third kappa shape index (κ3) is 4.05. The average molecular weight is 400 g/mol. The Morgan fingerprint density at radius 2 is 2.29 bits per heavy atom. The molecular formula is C19H25N7OS. The topological polar surface area (TPSA) is 89.1 Å². The summed E-state index contributed by atoms with van der Waals surface area (Å²) < 4.78 is 3.84. The third-order valence-electron chi connectivity index (χ3n) is 5.05. The number of carbonyl (C=O) groups is 1. The normalized spacial score (nSPS) is 18.2. The van der Waals surface area contributed by atoms with Crippen molar-refractivity contribution in [3.05, 3.63) is 48.2 Å². The van der Waals surface area contributed by atoms with Gasteiger partial charge in [0.15, 0.2) is 11.5 Å². The summed E-state index contributed by atoms with van der Waals surface area (Å²) in [6.45, 7) is 1.94. The van der Waals surface area contributed by atoms with Crippen LogP contribution in [0.1, 0.15) is 47.7 Å². The first-order chi connectivity index (χ1) is 13.8. The van der Waals surface area contributed by atoms with Gasteiger partial charge in [0.1, 0.15) is 5.69 Å². The van der Waals surface area contributed by atoms with Crippen LogP contribution in [-0.2, 0) is 0 Å². The minimum absolute atomic E-state index is 0.179. The number of aromatic nitrogens is 5. The minimum Gasteiger partial charge on any atom is -0.341 e. The molecule has 8 nitrogen and oxygen atoms in total. The van der Waals surface area contributed by atoms with Gasteiger partial charge in [0, 0.05) is 18.9 Å². The van der Waals surface area contributed by atoms with E-state index >= 15 is 0 Å². The standard InChI is InChI=1S/C19H25N7OS/c1-28-12-8-15(18-23-22-17-6-2-3-10-25(17)18)21-19(27)16-7-11-26(24-16)14-5-4-9-20-13-14/h2-3,6-7,10-11,14-15,20H,4-5,8-9,12-13H2,1H3,(H,21,27). The molecule has 0 bridgehead atoms. The Hall–Kier alpha value is -2.39. The molecule has 4 heterocycles. The second-order valence-corrected chi connectivity index (χ2v) is 7.96. The Labute approximate surface area is 168 Å². The lowest BCUT2D eigenvalue weighted by Crippen LogP contribution is -2.33. The van der Waals surface area contributed by atoms with Gasteiger partial charge in [-0.1, -0.05) is 6.07 Å². The van der Waals surface area contributed by atoms with Crippen LogP contribution in [0.15, 0.2) is 36.7 Å². The fourth-order valence-electron chi connectivity index (χ4n) is 3.55. The van der Waals surface area contributed by atoms with Crippen molar-refractivity contribution in [1.82, 2.24) is 35.0 Å². The average Bonchev–Trinajstić information content (AvgIpc) is 3.39. The smallest absolute Gasteiger partial charge is 0.272 e. The summed E-state index contributed by atoms with van der Waals surface area (Å²) >= 11 is 1.74. The van der Waals surface area contributed by atoms with E-state index in [1.54, 1.807) is 17.8 Å². The van der Waals surface area contributed by atoms with E-state index in [0.29, 0.717) is 11.7 Å². The molecule has 1 amide bonds. The number of fused-ring (bicyclic) bond motifs is 1. The van der Waals surface area contributed by atoms with Crippen LogP contribution in [0.3, 0.4) is 0 Å². The molecule has 3 aromatic rings. The van der Waals surface area contributed by atoms with Crippen molar-refractivity contribution in [3.8, 4) is 0 Å². The Balaban J connectivity index is 1.52. The summed E-state index contributed by atoms with van der Waals surface area (Å²) in [6.07, 6.45) is 8.86. The Morgan fingerprint density at radius 1 is 1.36 bits per heavy atom. The molecule has 1 fully saturated rings. The van der Waals surface area contributed by atoms with E-state index in [2.05, 4.69) is 32.2 Å². The van der Waals surface area contributed by atoms with E-state index in [9.17, 15) is 4.79 Å². The quantitative estimate of drug-likeness (QED) is 0.632. The van der Waals surface area contributed by atoms with Gasteiger partial charge in [-0.25, -0.2) is 0 Å². The van der Waals surface area contributed by atoms with Crippen LogP contribution < -0.4 is 10.6 Å². The highest BCUT2D eigenvalue weighted by atomic mass is 32.2. The van der Waals surface area contributed by atoms with Gasteiger partial charge in [-0.3, -0.25) is 13.9 Å². The number of nitrogens with one attached hydrogen (secondary N) is 2. The van der Waals surface area contributed by atoms with Crippen molar-refractivity contribution in [1.29, 1.82) is 0 Å². The molecule has 3 aromatic heterocycles. The largest absolute Gasteiger partial charge is 0.341 e. The number of carbonyl (C=O) groups excluding carboxylic acids is 1. The van der Waals surface area contributed by atoms with Gasteiger partial charge in [0.25, 0.3) is 5.91 Å². The summed E-state index contributed by atoms with van der Waals surface area (Å²) in [6, 6.07) is 7.65. The third-order valence-corrected chi connectivity index (χ3v) is 5.70. The maximum Gasteiger partial charge on any atom is 0.272 e. The van der Waals surface area contributed by atoms with Gasteiger partial charge in [-0.2, -0.15) is 16.9 Å². The Bertz CT molecular complexity index is 931. The molecule has 2 N–H and O–H groups in total. The molecule has 0 saturated carbocycles. The first-order valence-electron chi connectivity index (χ1n) is 9.61. The first kappa shape index (κ1) is 18.9. The van der Waals surface area contributed by atoms with Crippen molar-refractivity contribution < 1.29 is 4.79 Å². The Morgan fingerprint density at radius 3 is 3.11 bits per heavy atom. The number of hydrogen-bond acceptors (Lipinski definition) is 6. The number of thioether (sulfide) groups is 1. The van der Waals surface area contributed by atoms with Crippen LogP contribution in [0.5, 0.6) is 0 Å². The molecule has 148 valence electrons. The summed E-state index contributed by atoms with van der Waals surface area (Å²) in [7, 11) is 0. The van der Waals surface area contributed by atoms with E-state index in [4.69, 9.17) is 0 Å². The summed E-state index contributed by atoms with van der Waals surface area (Å²) in [5.74, 6) is 1.48. The number of hydrogen-bond donors (Lipinski definition) is 2. The molecule has 4 rings (SSSR count). The SMILES string of the molecule is CSCCC(NC(=O)c1ccn(C2CCCNC2)n1)c1nnc2ccccn12. The van der Waals surface area contributed by atoms with Crippen LogP contribution in [0, 0.1) is 0 Å². The van der Waals surface area contributed by atoms with Gasteiger partial charge in [0.2, 0.25) is 0 Å². The predicted octanol–water partition coefficient (Wildman–Crippen LogP) is 2.07. The van der Waals surface area contributed by atoms with Gasteiger partial charge >= 0.3 is 0 Å². The lowest BCUT2D eigenvalue weighted by molar-refractivity contribution is 0.0927. The van der Waals surface area contributed by atoms with Gasteiger partial charge in [-0.15, -0.1) is 10.2 Å². The molecule has 0 aromatic carbocycles. The molecule has 1 aliphatic rings. The summed E-state index contributed by atoms with van der Waals surface area (Å²) in [5, 5.41) is 19.6. The highest BCUT2D eigenvalue weighted by Crippen LogP contribution is 2.20. The van der Waals surface area contributed by atoms with Crippen LogP contribution in [0.4, 0.5) is 0 Å². The van der Waals surface area contributed by atoms with Crippen molar-refractivity contribution in [2.24, 2.45) is 0 Å². The van der Waals surface area contributed by atoms with Gasteiger partial charge in [-0.05, 0) is 56.0 Å². The molecule has 1 saturated heterocycles. The molecule has 28 heavy (non-hydrogen) atoms. The zero-order valence-corrected chi connectivity index (χ0v) is 16.7. The maximum absolute atomic E-state index is 12.9. The second-order valence-electron chi connectivity index (χ2n) is 6.98. The van der Waals surface area contributed by atoms with Crippen molar-refractivity contribution in [3.63, 3.8) is 0 Å². The van der Waals surface area contributed by atoms with Crippen LogP contribution >= 0.6 is 11.8 Å².